The summed E-state index contributed by atoms with van der Waals surface area (Å²) in [4.78, 5) is 10.3. The lowest BCUT2D eigenvalue weighted by atomic mass is 10.7. The van der Waals surface area contributed by atoms with E-state index in [0.717, 1.165) is 0 Å². The first-order chi connectivity index (χ1) is 4.52. The Morgan fingerprint density at radius 3 is 2.40 bits per heavy atom. The van der Waals surface area contributed by atoms with Gasteiger partial charge in [0.2, 0.25) is 10.7 Å². The van der Waals surface area contributed by atoms with Gasteiger partial charge in [-0.05, 0) is 12.2 Å². The number of carbonyl (C=O) groups excluding carboxylic acids is 1. The van der Waals surface area contributed by atoms with Crippen molar-refractivity contribution < 1.29 is 14.3 Å². The predicted molar refractivity (Wildman–Crippen MR) is 43.9 cm³/mol. The Bertz CT molecular complexity index is 130. The summed E-state index contributed by atoms with van der Waals surface area (Å²) < 4.78 is 9.34. The molecule has 0 aliphatic carbocycles. The van der Waals surface area contributed by atoms with E-state index in [1.165, 1.54) is 6.92 Å². The van der Waals surface area contributed by atoms with Crippen LogP contribution in [0.1, 0.15) is 13.8 Å². The van der Waals surface area contributed by atoms with Gasteiger partial charge in [-0.2, -0.15) is 0 Å². The van der Waals surface area contributed by atoms with Gasteiger partial charge in [0.05, 0.1) is 0 Å². The highest BCUT2D eigenvalue weighted by molar-refractivity contribution is 8.10. The lowest BCUT2D eigenvalue weighted by Crippen LogP contribution is -2.16. The molecule has 0 saturated carbocycles. The Kier molecular flexibility index (Phi) is 4.38. The SMILES string of the molecule is CC(=O)OC(C)OC(=S)S. The third-order valence-corrected chi connectivity index (χ3v) is 0.800. The summed E-state index contributed by atoms with van der Waals surface area (Å²) in [6.45, 7) is 2.85. The normalized spacial score (nSPS) is 11.9. The van der Waals surface area contributed by atoms with Gasteiger partial charge in [-0.3, -0.25) is 4.79 Å². The predicted octanol–water partition coefficient (Wildman–Crippen LogP) is 1.13. The zero-order valence-electron chi connectivity index (χ0n) is 5.66. The number of carbonyl (C=O) groups is 1. The van der Waals surface area contributed by atoms with Crippen LogP contribution in [0.5, 0.6) is 0 Å². The second-order valence-electron chi connectivity index (χ2n) is 1.56. The summed E-state index contributed by atoms with van der Waals surface area (Å²) in [7, 11) is 0. The molecule has 0 amide bonds. The maximum absolute atomic E-state index is 10.3. The molecule has 0 aromatic carbocycles. The second kappa shape index (κ2) is 4.51. The Labute approximate surface area is 70.1 Å². The van der Waals surface area contributed by atoms with E-state index in [4.69, 9.17) is 4.74 Å². The maximum atomic E-state index is 10.3. The van der Waals surface area contributed by atoms with Gasteiger partial charge in [-0.15, -0.1) is 0 Å². The number of hydrogen-bond acceptors (Lipinski definition) is 4. The largest absolute Gasteiger partial charge is 0.439 e. The Morgan fingerprint density at radius 1 is 1.60 bits per heavy atom. The molecule has 0 aliphatic heterocycles. The van der Waals surface area contributed by atoms with E-state index >= 15 is 0 Å². The summed E-state index contributed by atoms with van der Waals surface area (Å²) >= 11 is 8.15. The van der Waals surface area contributed by atoms with Crippen molar-refractivity contribution in [3.8, 4) is 0 Å². The van der Waals surface area contributed by atoms with Crippen molar-refractivity contribution in [2.24, 2.45) is 0 Å². The van der Waals surface area contributed by atoms with Gasteiger partial charge >= 0.3 is 5.97 Å². The van der Waals surface area contributed by atoms with Crippen molar-refractivity contribution in [3.63, 3.8) is 0 Å². The highest BCUT2D eigenvalue weighted by Gasteiger charge is 2.05. The Hall–Kier alpha value is -0.290. The number of rotatable bonds is 2. The van der Waals surface area contributed by atoms with E-state index < -0.39 is 12.3 Å². The van der Waals surface area contributed by atoms with Crippen molar-refractivity contribution in [2.45, 2.75) is 20.1 Å². The molecule has 3 nitrogen and oxygen atoms in total. The fourth-order valence-electron chi connectivity index (χ4n) is 0.400. The first-order valence-electron chi connectivity index (χ1n) is 2.59. The highest BCUT2D eigenvalue weighted by atomic mass is 32.1. The van der Waals surface area contributed by atoms with Crippen LogP contribution in [0.2, 0.25) is 0 Å². The van der Waals surface area contributed by atoms with E-state index in [1.54, 1.807) is 6.92 Å². The van der Waals surface area contributed by atoms with Crippen LogP contribution in [0.4, 0.5) is 0 Å². The average molecular weight is 180 g/mol. The molecule has 10 heavy (non-hydrogen) atoms. The van der Waals surface area contributed by atoms with Gasteiger partial charge in [0, 0.05) is 13.8 Å². The topological polar surface area (TPSA) is 35.5 Å². The molecular formula is C5H8O3S2. The monoisotopic (exact) mass is 180 g/mol. The molecule has 0 saturated heterocycles. The Morgan fingerprint density at radius 2 is 2.10 bits per heavy atom. The first kappa shape index (κ1) is 9.71. The highest BCUT2D eigenvalue weighted by Crippen LogP contribution is 1.97. The van der Waals surface area contributed by atoms with Crippen LogP contribution in [0.15, 0.2) is 0 Å². The zero-order chi connectivity index (χ0) is 8.15. The molecule has 0 bridgehead atoms. The molecular weight excluding hydrogens is 172 g/mol. The second-order valence-corrected chi connectivity index (χ2v) is 2.64. The number of hydrogen-bond donors (Lipinski definition) is 1. The van der Waals surface area contributed by atoms with Crippen molar-refractivity contribution in [3.05, 3.63) is 0 Å². The fourth-order valence-corrected chi connectivity index (χ4v) is 0.684. The van der Waals surface area contributed by atoms with Crippen molar-refractivity contribution >= 4 is 35.2 Å². The molecule has 0 fully saturated rings. The summed E-state index contributed by atoms with van der Waals surface area (Å²) in [5.74, 6) is -0.405. The first-order valence-corrected chi connectivity index (χ1v) is 3.44. The van der Waals surface area contributed by atoms with E-state index in [1.807, 2.05) is 0 Å². The van der Waals surface area contributed by atoms with Gasteiger partial charge in [-0.1, -0.05) is 12.6 Å². The summed E-state index contributed by atoms with van der Waals surface area (Å²) in [5, 5.41) is 0. The van der Waals surface area contributed by atoms with Crippen LogP contribution < -0.4 is 0 Å². The van der Waals surface area contributed by atoms with Gasteiger partial charge in [0.15, 0.2) is 0 Å². The van der Waals surface area contributed by atoms with Crippen molar-refractivity contribution in [2.75, 3.05) is 0 Å². The van der Waals surface area contributed by atoms with Crippen LogP contribution in [-0.4, -0.2) is 16.6 Å². The average Bonchev–Trinajstić information content (AvgIpc) is 1.58. The Balaban J connectivity index is 3.53. The summed E-state index contributed by atoms with van der Waals surface area (Å²) in [6, 6.07) is 0. The minimum absolute atomic E-state index is 0.0637. The van der Waals surface area contributed by atoms with Crippen LogP contribution >= 0.6 is 24.8 Å². The number of ether oxygens (including phenoxy) is 2. The molecule has 0 radical (unpaired) electrons. The smallest absolute Gasteiger partial charge is 0.305 e. The third kappa shape index (κ3) is 5.84. The number of thiol groups is 1. The van der Waals surface area contributed by atoms with E-state index in [-0.39, 0.29) is 4.38 Å². The molecule has 0 heterocycles. The molecule has 0 rings (SSSR count). The molecule has 1 unspecified atom stereocenters. The standard InChI is InChI=1S/C5H8O3S2/c1-3(6)7-4(2)8-5(9)10/h4H,1-2H3,(H,9,10). The zero-order valence-corrected chi connectivity index (χ0v) is 7.37. The number of esters is 1. The minimum atomic E-state index is -0.650. The third-order valence-electron chi connectivity index (χ3n) is 0.599. The summed E-state index contributed by atoms with van der Waals surface area (Å²) in [5.41, 5.74) is 0. The van der Waals surface area contributed by atoms with E-state index in [0.29, 0.717) is 0 Å². The molecule has 0 spiro atoms. The molecule has 0 aliphatic rings. The van der Waals surface area contributed by atoms with Crippen LogP contribution in [0.3, 0.4) is 0 Å². The maximum Gasteiger partial charge on any atom is 0.305 e. The fraction of sp³-hybridized carbons (Fsp3) is 0.600. The van der Waals surface area contributed by atoms with Crippen LogP contribution in [0.25, 0.3) is 0 Å². The van der Waals surface area contributed by atoms with Crippen LogP contribution in [-0.2, 0) is 14.3 Å². The molecule has 1 atom stereocenters. The molecule has 5 heteroatoms. The molecule has 0 aromatic rings. The molecule has 58 valence electrons. The van der Waals surface area contributed by atoms with Gasteiger partial charge in [-0.25, -0.2) is 0 Å². The summed E-state index contributed by atoms with van der Waals surface area (Å²) in [6.07, 6.45) is -0.650. The van der Waals surface area contributed by atoms with Crippen molar-refractivity contribution in [1.29, 1.82) is 0 Å². The van der Waals surface area contributed by atoms with E-state index in [2.05, 4.69) is 29.6 Å². The van der Waals surface area contributed by atoms with E-state index in [9.17, 15) is 4.79 Å². The molecule has 0 aromatic heterocycles. The lowest BCUT2D eigenvalue weighted by Gasteiger charge is -2.11. The lowest BCUT2D eigenvalue weighted by molar-refractivity contribution is -0.159. The quantitative estimate of drug-likeness (QED) is 0.299. The van der Waals surface area contributed by atoms with Gasteiger partial charge in [0.1, 0.15) is 0 Å². The van der Waals surface area contributed by atoms with Gasteiger partial charge < -0.3 is 9.47 Å². The number of thiocarbonyl (C=S) groups is 1. The van der Waals surface area contributed by atoms with Crippen molar-refractivity contribution in [1.82, 2.24) is 0 Å². The minimum Gasteiger partial charge on any atom is -0.439 e. The molecule has 0 N–H and O–H groups in total. The van der Waals surface area contributed by atoms with Crippen LogP contribution in [0, 0.1) is 0 Å². The van der Waals surface area contributed by atoms with Gasteiger partial charge in [0.25, 0.3) is 0 Å².